The molecular formula is C17H16N2O4. The molecule has 0 saturated heterocycles. The highest BCUT2D eigenvalue weighted by Crippen LogP contribution is 2.15. The highest BCUT2D eigenvalue weighted by molar-refractivity contribution is 5.96. The Morgan fingerprint density at radius 1 is 1.26 bits per heavy atom. The number of aromatic amines is 1. The Labute approximate surface area is 132 Å². The standard InChI is InChI=1S/C17H16N2O4/c1-11(16(20)18-10-13-6-4-8-22-13)23-17(21)15-9-12-5-2-3-7-14(12)19-15/h2-9,11,19H,10H2,1H3,(H,18,20)/t11-/m1/s1. The van der Waals surface area contributed by atoms with Crippen LogP contribution in [0.5, 0.6) is 0 Å². The highest BCUT2D eigenvalue weighted by Gasteiger charge is 2.20. The van der Waals surface area contributed by atoms with Crippen LogP contribution in [0.25, 0.3) is 10.9 Å². The van der Waals surface area contributed by atoms with Crippen molar-refractivity contribution in [3.8, 4) is 0 Å². The maximum Gasteiger partial charge on any atom is 0.355 e. The van der Waals surface area contributed by atoms with Gasteiger partial charge in [0.25, 0.3) is 5.91 Å². The molecule has 0 aliphatic rings. The maximum atomic E-state index is 12.1. The van der Waals surface area contributed by atoms with Crippen molar-refractivity contribution in [3.63, 3.8) is 0 Å². The van der Waals surface area contributed by atoms with Gasteiger partial charge in [0.05, 0.1) is 12.8 Å². The minimum absolute atomic E-state index is 0.250. The minimum atomic E-state index is -0.899. The van der Waals surface area contributed by atoms with Gasteiger partial charge in [-0.25, -0.2) is 4.79 Å². The molecule has 2 N–H and O–H groups in total. The van der Waals surface area contributed by atoms with E-state index in [2.05, 4.69) is 10.3 Å². The van der Waals surface area contributed by atoms with Crippen LogP contribution in [0.2, 0.25) is 0 Å². The number of para-hydroxylation sites is 1. The van der Waals surface area contributed by atoms with E-state index >= 15 is 0 Å². The number of ether oxygens (including phenoxy) is 1. The summed E-state index contributed by atoms with van der Waals surface area (Å²) in [6, 6.07) is 12.7. The quantitative estimate of drug-likeness (QED) is 0.709. The third kappa shape index (κ3) is 3.42. The lowest BCUT2D eigenvalue weighted by Gasteiger charge is -2.12. The number of carbonyl (C=O) groups excluding carboxylic acids is 2. The molecule has 0 fully saturated rings. The number of aromatic nitrogens is 1. The fraction of sp³-hybridized carbons (Fsp3) is 0.176. The van der Waals surface area contributed by atoms with Gasteiger partial charge in [0.1, 0.15) is 11.5 Å². The molecule has 118 valence electrons. The smallest absolute Gasteiger partial charge is 0.355 e. The molecule has 0 spiro atoms. The van der Waals surface area contributed by atoms with Gasteiger partial charge < -0.3 is 19.5 Å². The molecule has 0 bridgehead atoms. The first-order chi connectivity index (χ1) is 11.1. The molecule has 2 aromatic heterocycles. The van der Waals surface area contributed by atoms with Crippen molar-refractivity contribution in [1.82, 2.24) is 10.3 Å². The maximum absolute atomic E-state index is 12.1. The Hall–Kier alpha value is -3.02. The molecule has 3 aromatic rings. The van der Waals surface area contributed by atoms with Gasteiger partial charge in [0.2, 0.25) is 0 Å². The zero-order chi connectivity index (χ0) is 16.2. The lowest BCUT2D eigenvalue weighted by atomic mass is 10.2. The van der Waals surface area contributed by atoms with E-state index in [1.807, 2.05) is 24.3 Å². The Balaban J connectivity index is 1.58. The van der Waals surface area contributed by atoms with Gasteiger partial charge >= 0.3 is 5.97 Å². The Kier molecular flexibility index (Phi) is 4.14. The van der Waals surface area contributed by atoms with Gasteiger partial charge in [0, 0.05) is 10.9 Å². The number of amides is 1. The van der Waals surface area contributed by atoms with Gasteiger partial charge in [0.15, 0.2) is 6.10 Å². The van der Waals surface area contributed by atoms with Crippen LogP contribution in [0.4, 0.5) is 0 Å². The van der Waals surface area contributed by atoms with Crippen molar-refractivity contribution < 1.29 is 18.7 Å². The van der Waals surface area contributed by atoms with Gasteiger partial charge in [-0.05, 0) is 31.2 Å². The average Bonchev–Trinajstić information content (AvgIpc) is 3.21. The first kappa shape index (κ1) is 14.9. The van der Waals surface area contributed by atoms with Gasteiger partial charge in [-0.3, -0.25) is 4.79 Å². The summed E-state index contributed by atoms with van der Waals surface area (Å²) in [5.41, 5.74) is 1.16. The molecule has 1 aromatic carbocycles. The van der Waals surface area contributed by atoms with E-state index in [1.165, 1.54) is 13.2 Å². The van der Waals surface area contributed by atoms with E-state index in [1.54, 1.807) is 18.2 Å². The third-order valence-electron chi connectivity index (χ3n) is 3.42. The zero-order valence-electron chi connectivity index (χ0n) is 12.5. The predicted molar refractivity (Wildman–Crippen MR) is 83.7 cm³/mol. The van der Waals surface area contributed by atoms with Gasteiger partial charge in [-0.2, -0.15) is 0 Å². The first-order valence-electron chi connectivity index (χ1n) is 7.22. The number of hydrogen-bond acceptors (Lipinski definition) is 4. The predicted octanol–water partition coefficient (Wildman–Crippen LogP) is 2.62. The van der Waals surface area contributed by atoms with Crippen LogP contribution in [0.15, 0.2) is 53.1 Å². The molecule has 0 unspecified atom stereocenters. The lowest BCUT2D eigenvalue weighted by molar-refractivity contribution is -0.129. The van der Waals surface area contributed by atoms with Crippen molar-refractivity contribution >= 4 is 22.8 Å². The second-order valence-corrected chi connectivity index (χ2v) is 5.11. The number of H-pyrrole nitrogens is 1. The summed E-state index contributed by atoms with van der Waals surface area (Å²) in [5.74, 6) is -0.319. The molecular weight excluding hydrogens is 296 g/mol. The topological polar surface area (TPSA) is 84.3 Å². The zero-order valence-corrected chi connectivity index (χ0v) is 12.5. The van der Waals surface area contributed by atoms with Crippen molar-refractivity contribution in [1.29, 1.82) is 0 Å². The van der Waals surface area contributed by atoms with Crippen LogP contribution in [0, 0.1) is 0 Å². The number of esters is 1. The number of rotatable bonds is 5. The van der Waals surface area contributed by atoms with E-state index in [0.29, 0.717) is 11.5 Å². The SMILES string of the molecule is C[C@@H](OC(=O)c1cc2ccccc2[nH]1)C(=O)NCc1ccco1. The molecule has 0 radical (unpaired) electrons. The number of nitrogens with one attached hydrogen (secondary N) is 2. The van der Waals surface area contributed by atoms with Crippen LogP contribution >= 0.6 is 0 Å². The summed E-state index contributed by atoms with van der Waals surface area (Å²) in [4.78, 5) is 27.0. The molecule has 6 nitrogen and oxygen atoms in total. The second kappa shape index (κ2) is 6.39. The molecule has 1 atom stereocenters. The number of carbonyl (C=O) groups is 2. The van der Waals surface area contributed by atoms with E-state index in [0.717, 1.165) is 10.9 Å². The minimum Gasteiger partial charge on any atom is -0.467 e. The summed E-state index contributed by atoms with van der Waals surface area (Å²) < 4.78 is 10.3. The summed E-state index contributed by atoms with van der Waals surface area (Å²) in [7, 11) is 0. The summed E-state index contributed by atoms with van der Waals surface area (Å²) >= 11 is 0. The fourth-order valence-corrected chi connectivity index (χ4v) is 2.19. The Bertz CT molecular complexity index is 787. The first-order valence-corrected chi connectivity index (χ1v) is 7.22. The van der Waals surface area contributed by atoms with Crippen LogP contribution in [-0.2, 0) is 16.1 Å². The molecule has 0 aliphatic heterocycles. The van der Waals surface area contributed by atoms with E-state index in [-0.39, 0.29) is 12.5 Å². The van der Waals surface area contributed by atoms with E-state index in [4.69, 9.17) is 9.15 Å². The second-order valence-electron chi connectivity index (χ2n) is 5.11. The van der Waals surface area contributed by atoms with Gasteiger partial charge in [-0.1, -0.05) is 18.2 Å². The number of benzene rings is 1. The molecule has 3 rings (SSSR count). The summed E-state index contributed by atoms with van der Waals surface area (Å²) in [5, 5.41) is 3.56. The lowest BCUT2D eigenvalue weighted by Crippen LogP contribution is -2.35. The van der Waals surface area contributed by atoms with Gasteiger partial charge in [-0.15, -0.1) is 0 Å². The Morgan fingerprint density at radius 3 is 2.83 bits per heavy atom. The summed E-state index contributed by atoms with van der Waals surface area (Å²) in [6.45, 7) is 1.78. The van der Waals surface area contributed by atoms with Crippen molar-refractivity contribution in [2.24, 2.45) is 0 Å². The summed E-state index contributed by atoms with van der Waals surface area (Å²) in [6.07, 6.45) is 0.629. The van der Waals surface area contributed by atoms with Crippen LogP contribution in [0.1, 0.15) is 23.2 Å². The molecule has 6 heteroatoms. The van der Waals surface area contributed by atoms with Crippen molar-refractivity contribution in [2.45, 2.75) is 19.6 Å². The molecule has 2 heterocycles. The molecule has 1 amide bonds. The number of fused-ring (bicyclic) bond motifs is 1. The van der Waals surface area contributed by atoms with Crippen LogP contribution in [0.3, 0.4) is 0 Å². The average molecular weight is 312 g/mol. The molecule has 23 heavy (non-hydrogen) atoms. The largest absolute Gasteiger partial charge is 0.467 e. The monoisotopic (exact) mass is 312 g/mol. The highest BCUT2D eigenvalue weighted by atomic mass is 16.5. The van der Waals surface area contributed by atoms with Crippen molar-refractivity contribution in [2.75, 3.05) is 0 Å². The Morgan fingerprint density at radius 2 is 2.09 bits per heavy atom. The van der Waals surface area contributed by atoms with E-state index in [9.17, 15) is 9.59 Å². The van der Waals surface area contributed by atoms with Crippen LogP contribution in [-0.4, -0.2) is 23.0 Å². The normalized spacial score (nSPS) is 12.0. The van der Waals surface area contributed by atoms with E-state index < -0.39 is 12.1 Å². The number of furan rings is 1. The van der Waals surface area contributed by atoms with Crippen molar-refractivity contribution in [3.05, 3.63) is 60.2 Å². The van der Waals surface area contributed by atoms with Crippen LogP contribution < -0.4 is 5.32 Å². The molecule has 0 aliphatic carbocycles. The molecule has 0 saturated carbocycles. The fourth-order valence-electron chi connectivity index (χ4n) is 2.19. The number of hydrogen-bond donors (Lipinski definition) is 2. The third-order valence-corrected chi connectivity index (χ3v) is 3.42.